The van der Waals surface area contributed by atoms with Crippen molar-refractivity contribution < 1.29 is 59.2 Å². The van der Waals surface area contributed by atoms with E-state index in [2.05, 4.69) is 0 Å². The second-order valence-electron chi connectivity index (χ2n) is 15.2. The van der Waals surface area contributed by atoms with Gasteiger partial charge in [0.2, 0.25) is 5.91 Å². The minimum Gasteiger partial charge on any atom is -0.459 e. The fourth-order valence-electron chi connectivity index (χ4n) is 7.34. The van der Waals surface area contributed by atoms with E-state index in [9.17, 15) is 40.2 Å². The summed E-state index contributed by atoms with van der Waals surface area (Å²) in [6.45, 7) is 10.9. The van der Waals surface area contributed by atoms with Gasteiger partial charge in [-0.3, -0.25) is 14.5 Å². The molecule has 2 aliphatic heterocycles. The Morgan fingerprint density at radius 2 is 1.67 bits per heavy atom. The minimum absolute atomic E-state index is 0.0258. The van der Waals surface area contributed by atoms with E-state index in [0.29, 0.717) is 0 Å². The normalized spacial score (nSPS) is 40.9. The third-order valence-corrected chi connectivity index (χ3v) is 10.8. The van der Waals surface area contributed by atoms with Crippen LogP contribution in [0.4, 0.5) is 0 Å². The topological polar surface area (TPSA) is 199 Å². The number of β-amino-alcohol motifs (C(OH)–C–C–N with tert-alkyl or cyclic N) is 1. The zero-order chi connectivity index (χ0) is 38.4. The van der Waals surface area contributed by atoms with Crippen LogP contribution in [0.5, 0.6) is 0 Å². The van der Waals surface area contributed by atoms with Crippen LogP contribution in [0, 0.1) is 11.8 Å². The highest BCUT2D eigenvalue weighted by atomic mass is 16.7. The van der Waals surface area contributed by atoms with Gasteiger partial charge in [-0.05, 0) is 60.1 Å². The molecule has 2 aliphatic rings. The number of aliphatic hydroxyl groups excluding tert-OH is 4. The molecule has 292 valence electrons. The van der Waals surface area contributed by atoms with Gasteiger partial charge in [-0.15, -0.1) is 0 Å². The van der Waals surface area contributed by atoms with Crippen LogP contribution >= 0.6 is 0 Å². The molecule has 6 N–H and O–H groups in total. The first-order valence-electron chi connectivity index (χ1n) is 18.0. The van der Waals surface area contributed by atoms with Crippen LogP contribution in [0.25, 0.3) is 0 Å². The molecule has 1 amide bonds. The maximum absolute atomic E-state index is 13.4. The molecule has 0 unspecified atom stereocenters. The van der Waals surface area contributed by atoms with Crippen LogP contribution in [0.2, 0.25) is 0 Å². The van der Waals surface area contributed by atoms with Crippen molar-refractivity contribution >= 4 is 11.9 Å². The Bertz CT molecular complexity index is 1250. The molecule has 2 heterocycles. The molecule has 3 rings (SSSR count). The molecule has 14 atom stereocenters. The molecule has 14 heteroatoms. The number of nitrogens with zero attached hydrogens (tertiary/aromatic N) is 2. The third-order valence-electron chi connectivity index (χ3n) is 10.8. The van der Waals surface area contributed by atoms with Gasteiger partial charge in [0.15, 0.2) is 6.29 Å². The van der Waals surface area contributed by atoms with Crippen molar-refractivity contribution in [2.75, 3.05) is 27.2 Å². The van der Waals surface area contributed by atoms with Gasteiger partial charge in [0.25, 0.3) is 0 Å². The van der Waals surface area contributed by atoms with Crippen molar-refractivity contribution in [2.45, 2.75) is 147 Å². The predicted octanol–water partition coefficient (Wildman–Crippen LogP) is 0.814. The van der Waals surface area contributed by atoms with Gasteiger partial charge in [-0.25, -0.2) is 0 Å². The van der Waals surface area contributed by atoms with E-state index in [0.717, 1.165) is 5.56 Å². The lowest BCUT2D eigenvalue weighted by molar-refractivity contribution is -0.299. The van der Waals surface area contributed by atoms with Gasteiger partial charge in [-0.2, -0.15) is 0 Å². The molecule has 51 heavy (non-hydrogen) atoms. The fraction of sp³-hybridized carbons (Fsp3) is 0.784. The van der Waals surface area contributed by atoms with Crippen LogP contribution < -0.4 is 0 Å². The molecule has 0 aromatic heterocycles. The van der Waals surface area contributed by atoms with Crippen LogP contribution in [-0.2, 0) is 35.1 Å². The summed E-state index contributed by atoms with van der Waals surface area (Å²) in [6, 6.07) is 7.95. The summed E-state index contributed by atoms with van der Waals surface area (Å²) < 4.78 is 23.7. The smallest absolute Gasteiger partial charge is 0.311 e. The number of aliphatic hydroxyl groups is 6. The summed E-state index contributed by atoms with van der Waals surface area (Å²) in [6.07, 6.45) is -9.55. The number of hydrogen-bond donors (Lipinski definition) is 6. The molecule has 14 nitrogen and oxygen atoms in total. The number of amides is 1. The average molecular weight is 727 g/mol. The van der Waals surface area contributed by atoms with Crippen molar-refractivity contribution in [3.8, 4) is 0 Å². The van der Waals surface area contributed by atoms with Crippen LogP contribution in [0.3, 0.4) is 0 Å². The van der Waals surface area contributed by atoms with Gasteiger partial charge in [0.1, 0.15) is 30.5 Å². The highest BCUT2D eigenvalue weighted by Gasteiger charge is 2.50. The maximum Gasteiger partial charge on any atom is 0.311 e. The highest BCUT2D eigenvalue weighted by molar-refractivity contribution is 5.77. The van der Waals surface area contributed by atoms with E-state index in [1.54, 1.807) is 46.7 Å². The van der Waals surface area contributed by atoms with Crippen molar-refractivity contribution in [2.24, 2.45) is 11.8 Å². The summed E-state index contributed by atoms with van der Waals surface area (Å²) in [4.78, 5) is 29.6. The highest BCUT2D eigenvalue weighted by Crippen LogP contribution is 2.36. The van der Waals surface area contributed by atoms with Gasteiger partial charge in [0.05, 0.1) is 48.6 Å². The largest absolute Gasteiger partial charge is 0.459 e. The third kappa shape index (κ3) is 10.7. The zero-order valence-electron chi connectivity index (χ0n) is 31.6. The van der Waals surface area contributed by atoms with E-state index in [-0.39, 0.29) is 44.9 Å². The summed E-state index contributed by atoms with van der Waals surface area (Å²) >= 11 is 0. The monoisotopic (exact) mass is 726 g/mol. The predicted molar refractivity (Wildman–Crippen MR) is 187 cm³/mol. The molecule has 1 aromatic rings. The Hall–Kier alpha value is -2.24. The second-order valence-corrected chi connectivity index (χ2v) is 15.2. The number of carbonyl (C=O) groups excluding carboxylic acids is 2. The number of cyclic esters (lactones) is 1. The molecule has 0 spiro atoms. The Balaban J connectivity index is 1.89. The van der Waals surface area contributed by atoms with Gasteiger partial charge >= 0.3 is 5.97 Å². The van der Waals surface area contributed by atoms with Crippen LogP contribution in [0.1, 0.15) is 73.3 Å². The lowest BCUT2D eigenvalue weighted by Crippen LogP contribution is -2.60. The summed E-state index contributed by atoms with van der Waals surface area (Å²) in [5.41, 5.74) is -2.83. The second kappa shape index (κ2) is 18.2. The quantitative estimate of drug-likeness (QED) is 0.206. The first-order chi connectivity index (χ1) is 23.7. The zero-order valence-corrected chi connectivity index (χ0v) is 31.6. The van der Waals surface area contributed by atoms with Crippen molar-refractivity contribution in [1.82, 2.24) is 9.80 Å². The Morgan fingerprint density at radius 3 is 2.27 bits per heavy atom. The van der Waals surface area contributed by atoms with E-state index < -0.39 is 90.1 Å². The van der Waals surface area contributed by atoms with E-state index >= 15 is 0 Å². The molecule has 0 radical (unpaired) electrons. The standard InChI is InChI=1S/C37H62N2O12/c1-10-28-37(7,47)32(44)24(5)38(8)18-26(40)17-36(6,46)33(22(3)30(42)23(4)34(45)50-28)51-35-31(43)27(16-21(2)49-35)39(9)29(41)20-48-19-25-14-12-11-13-15-25/h11-15,21-24,26-28,30-33,35,40,42-44,46-47H,10,16-20H2,1-9H3/t21-,22+,23-,24-,26-,27+,28-,30+,31-,32-,33-,35+,36-,37-/m1/s1. The van der Waals surface area contributed by atoms with Gasteiger partial charge < -0.3 is 54.5 Å². The molecule has 0 saturated carbocycles. The number of hydrogen-bond acceptors (Lipinski definition) is 13. The average Bonchev–Trinajstić information content (AvgIpc) is 3.07. The van der Waals surface area contributed by atoms with Crippen molar-refractivity contribution in [3.05, 3.63) is 35.9 Å². The molecule has 0 bridgehead atoms. The first-order valence-corrected chi connectivity index (χ1v) is 18.0. The number of rotatable bonds is 8. The fourth-order valence-corrected chi connectivity index (χ4v) is 7.34. The molecular formula is C37H62N2O12. The van der Waals surface area contributed by atoms with Crippen molar-refractivity contribution in [3.63, 3.8) is 0 Å². The molecule has 2 saturated heterocycles. The van der Waals surface area contributed by atoms with Gasteiger partial charge in [-0.1, -0.05) is 44.2 Å². The minimum atomic E-state index is -1.87. The number of esters is 1. The Kier molecular flexibility index (Phi) is 15.4. The number of carbonyl (C=O) groups is 2. The Morgan fingerprint density at radius 1 is 1.04 bits per heavy atom. The molecule has 0 aliphatic carbocycles. The van der Waals surface area contributed by atoms with E-state index in [4.69, 9.17) is 18.9 Å². The number of likely N-dealkylation sites (N-methyl/N-ethyl adjacent to an activating group) is 2. The SMILES string of the molecule is CC[C@H]1OC(=O)[C@H](C)[C@@H](O)[C@H](C)[C@@H](O[C@@H]2O[C@H](C)C[C@H](N(C)C(=O)COCc3ccccc3)[C@H]2O)[C@](C)(O)C[C@@H](O)CN(C)[C@H](C)[C@@H](O)[C@]1(C)O. The summed E-state index contributed by atoms with van der Waals surface area (Å²) in [5, 5.41) is 68.9. The summed E-state index contributed by atoms with van der Waals surface area (Å²) in [5.74, 6) is -3.38. The first kappa shape index (κ1) is 43.2. The van der Waals surface area contributed by atoms with Crippen molar-refractivity contribution in [1.29, 1.82) is 0 Å². The lowest BCUT2D eigenvalue weighted by Gasteiger charge is -2.47. The van der Waals surface area contributed by atoms with E-state index in [1.807, 2.05) is 30.3 Å². The molecule has 2 fully saturated rings. The maximum atomic E-state index is 13.4. The lowest BCUT2D eigenvalue weighted by atomic mass is 9.79. The number of benzene rings is 1. The van der Waals surface area contributed by atoms with Crippen LogP contribution in [0.15, 0.2) is 30.3 Å². The number of ether oxygens (including phenoxy) is 4. The van der Waals surface area contributed by atoms with Gasteiger partial charge in [0, 0.05) is 32.0 Å². The molecular weight excluding hydrogens is 664 g/mol. The van der Waals surface area contributed by atoms with Crippen LogP contribution in [-0.4, -0.2) is 152 Å². The molecule has 1 aromatic carbocycles. The summed E-state index contributed by atoms with van der Waals surface area (Å²) in [7, 11) is 3.20. The van der Waals surface area contributed by atoms with E-state index in [1.165, 1.54) is 25.7 Å². The Labute approximate surface area is 302 Å².